The molecule has 0 aliphatic rings. The standard InChI is InChI=1S/C8H11FN6O/c1-14(2)3-15-5-4(11-7(15)9)6(16)13-8(10)12-5/h3H2,1-2H3,(H3,10,12,13,16). The summed E-state index contributed by atoms with van der Waals surface area (Å²) >= 11 is 0. The number of rotatable bonds is 2. The monoisotopic (exact) mass is 226 g/mol. The van der Waals surface area contributed by atoms with Crippen LogP contribution in [-0.4, -0.2) is 38.5 Å². The summed E-state index contributed by atoms with van der Waals surface area (Å²) in [6, 6.07) is 0. The second-order valence-corrected chi connectivity index (χ2v) is 3.65. The average molecular weight is 226 g/mol. The molecule has 2 heterocycles. The van der Waals surface area contributed by atoms with Crippen molar-refractivity contribution in [1.82, 2.24) is 24.4 Å². The van der Waals surface area contributed by atoms with E-state index in [1.54, 1.807) is 19.0 Å². The molecule has 0 aliphatic carbocycles. The molecule has 0 fully saturated rings. The molecule has 86 valence electrons. The Labute approximate surface area is 89.7 Å². The van der Waals surface area contributed by atoms with Crippen LogP contribution in [0.5, 0.6) is 0 Å². The van der Waals surface area contributed by atoms with Crippen LogP contribution in [0.1, 0.15) is 0 Å². The predicted molar refractivity (Wildman–Crippen MR) is 56.2 cm³/mol. The van der Waals surface area contributed by atoms with E-state index in [-0.39, 0.29) is 23.8 Å². The quantitative estimate of drug-likeness (QED) is 0.664. The first-order valence-corrected chi connectivity index (χ1v) is 4.55. The lowest BCUT2D eigenvalue weighted by molar-refractivity contribution is 0.300. The summed E-state index contributed by atoms with van der Waals surface area (Å²) in [6.07, 6.45) is -0.757. The molecule has 2 aromatic rings. The van der Waals surface area contributed by atoms with Crippen molar-refractivity contribution < 1.29 is 4.39 Å². The van der Waals surface area contributed by atoms with Crippen molar-refractivity contribution in [3.05, 3.63) is 16.4 Å². The van der Waals surface area contributed by atoms with Gasteiger partial charge in [-0.3, -0.25) is 19.2 Å². The molecule has 0 unspecified atom stereocenters. The molecule has 3 N–H and O–H groups in total. The lowest BCUT2D eigenvalue weighted by Gasteiger charge is -2.10. The first kappa shape index (κ1) is 10.6. The van der Waals surface area contributed by atoms with Gasteiger partial charge in [0.2, 0.25) is 5.95 Å². The lowest BCUT2D eigenvalue weighted by atomic mass is 10.5. The van der Waals surface area contributed by atoms with Crippen LogP contribution in [0, 0.1) is 6.08 Å². The van der Waals surface area contributed by atoms with E-state index < -0.39 is 11.6 Å². The zero-order valence-corrected chi connectivity index (χ0v) is 8.86. The van der Waals surface area contributed by atoms with Gasteiger partial charge in [0.25, 0.3) is 11.6 Å². The molecule has 0 radical (unpaired) electrons. The third-order valence-corrected chi connectivity index (χ3v) is 2.00. The number of fused-ring (bicyclic) bond motifs is 1. The van der Waals surface area contributed by atoms with E-state index in [1.807, 2.05) is 0 Å². The zero-order valence-electron chi connectivity index (χ0n) is 8.86. The Kier molecular flexibility index (Phi) is 2.35. The predicted octanol–water partition coefficient (Wildman–Crippen LogP) is -0.640. The minimum atomic E-state index is -0.757. The summed E-state index contributed by atoms with van der Waals surface area (Å²) in [7, 11) is 3.53. The van der Waals surface area contributed by atoms with Gasteiger partial charge in [-0.05, 0) is 14.1 Å². The number of nitrogen functional groups attached to an aromatic ring is 1. The molecular formula is C8H11FN6O. The fraction of sp³-hybridized carbons (Fsp3) is 0.375. The zero-order chi connectivity index (χ0) is 11.9. The minimum Gasteiger partial charge on any atom is -0.369 e. The molecule has 0 atom stereocenters. The number of nitrogens with two attached hydrogens (primary N) is 1. The van der Waals surface area contributed by atoms with Gasteiger partial charge < -0.3 is 5.73 Å². The van der Waals surface area contributed by atoms with Crippen molar-refractivity contribution >= 4 is 17.1 Å². The number of hydrogen-bond donors (Lipinski definition) is 2. The SMILES string of the molecule is CN(C)Cn1c(F)nc2c(=O)[nH]c(N)nc21. The highest BCUT2D eigenvalue weighted by Crippen LogP contribution is 2.10. The molecule has 16 heavy (non-hydrogen) atoms. The van der Waals surface area contributed by atoms with Gasteiger partial charge in [-0.2, -0.15) is 14.4 Å². The van der Waals surface area contributed by atoms with Gasteiger partial charge >= 0.3 is 0 Å². The Hall–Kier alpha value is -1.96. The smallest absolute Gasteiger partial charge is 0.292 e. The van der Waals surface area contributed by atoms with E-state index in [2.05, 4.69) is 15.0 Å². The maximum absolute atomic E-state index is 13.5. The Morgan fingerprint density at radius 2 is 2.19 bits per heavy atom. The summed E-state index contributed by atoms with van der Waals surface area (Å²) in [4.78, 5) is 22.8. The summed E-state index contributed by atoms with van der Waals surface area (Å²) in [5.41, 5.74) is 4.95. The Bertz CT molecular complexity index is 586. The number of anilines is 1. The van der Waals surface area contributed by atoms with Gasteiger partial charge in [0, 0.05) is 0 Å². The van der Waals surface area contributed by atoms with Crippen molar-refractivity contribution in [2.45, 2.75) is 6.67 Å². The van der Waals surface area contributed by atoms with E-state index >= 15 is 0 Å². The maximum atomic E-state index is 13.5. The van der Waals surface area contributed by atoms with E-state index in [0.29, 0.717) is 0 Å². The third kappa shape index (κ3) is 1.63. The van der Waals surface area contributed by atoms with Crippen LogP contribution in [0.15, 0.2) is 4.79 Å². The van der Waals surface area contributed by atoms with Gasteiger partial charge in [-0.1, -0.05) is 0 Å². The summed E-state index contributed by atoms with van der Waals surface area (Å²) in [5.74, 6) is -0.0580. The van der Waals surface area contributed by atoms with Gasteiger partial charge in [0.1, 0.15) is 0 Å². The van der Waals surface area contributed by atoms with Gasteiger partial charge in [0.15, 0.2) is 11.2 Å². The molecule has 0 bridgehead atoms. The van der Waals surface area contributed by atoms with Crippen molar-refractivity contribution in [2.75, 3.05) is 19.8 Å². The van der Waals surface area contributed by atoms with Crippen LogP contribution in [0.25, 0.3) is 11.2 Å². The Morgan fingerprint density at radius 1 is 1.50 bits per heavy atom. The van der Waals surface area contributed by atoms with Crippen molar-refractivity contribution in [1.29, 1.82) is 0 Å². The number of halogens is 1. The molecule has 2 rings (SSSR count). The van der Waals surface area contributed by atoms with Crippen molar-refractivity contribution in [3.8, 4) is 0 Å². The van der Waals surface area contributed by atoms with Crippen molar-refractivity contribution in [3.63, 3.8) is 0 Å². The summed E-state index contributed by atoms with van der Waals surface area (Å²) in [5, 5.41) is 0. The number of hydrogen-bond acceptors (Lipinski definition) is 5. The fourth-order valence-electron chi connectivity index (χ4n) is 1.41. The largest absolute Gasteiger partial charge is 0.369 e. The highest BCUT2D eigenvalue weighted by Gasteiger charge is 2.15. The topological polar surface area (TPSA) is 92.8 Å². The molecule has 0 saturated heterocycles. The van der Waals surface area contributed by atoms with E-state index in [4.69, 9.17) is 5.73 Å². The highest BCUT2D eigenvalue weighted by atomic mass is 19.1. The molecule has 0 amide bonds. The van der Waals surface area contributed by atoms with Crippen molar-refractivity contribution in [2.24, 2.45) is 0 Å². The number of nitrogens with one attached hydrogen (secondary N) is 1. The number of aromatic amines is 1. The molecule has 8 heteroatoms. The molecule has 7 nitrogen and oxygen atoms in total. The normalized spacial score (nSPS) is 11.5. The minimum absolute atomic E-state index is 0.0476. The van der Waals surface area contributed by atoms with Gasteiger partial charge in [-0.25, -0.2) is 0 Å². The van der Waals surface area contributed by atoms with E-state index in [9.17, 15) is 9.18 Å². The number of aromatic nitrogens is 4. The van der Waals surface area contributed by atoms with Crippen LogP contribution in [0.3, 0.4) is 0 Å². The van der Waals surface area contributed by atoms with Crippen LogP contribution in [-0.2, 0) is 6.67 Å². The number of H-pyrrole nitrogens is 1. The summed E-state index contributed by atoms with van der Waals surface area (Å²) < 4.78 is 14.6. The van der Waals surface area contributed by atoms with Crippen LogP contribution < -0.4 is 11.3 Å². The van der Waals surface area contributed by atoms with Crippen LogP contribution in [0.4, 0.5) is 10.3 Å². The second-order valence-electron chi connectivity index (χ2n) is 3.65. The second kappa shape index (κ2) is 3.56. The lowest BCUT2D eigenvalue weighted by Crippen LogP contribution is -2.19. The molecule has 0 spiro atoms. The molecular weight excluding hydrogens is 215 g/mol. The highest BCUT2D eigenvalue weighted by molar-refractivity contribution is 5.70. The average Bonchev–Trinajstić information content (AvgIpc) is 2.45. The van der Waals surface area contributed by atoms with E-state index in [0.717, 1.165) is 0 Å². The fourth-order valence-corrected chi connectivity index (χ4v) is 1.41. The molecule has 0 aromatic carbocycles. The first-order chi connectivity index (χ1) is 7.49. The first-order valence-electron chi connectivity index (χ1n) is 4.55. The van der Waals surface area contributed by atoms with Crippen LogP contribution in [0.2, 0.25) is 0 Å². The molecule has 0 saturated carbocycles. The Balaban J connectivity index is 2.73. The molecule has 2 aromatic heterocycles. The third-order valence-electron chi connectivity index (χ3n) is 2.00. The maximum Gasteiger partial charge on any atom is 0.292 e. The summed E-state index contributed by atoms with van der Waals surface area (Å²) in [6.45, 7) is 0.234. The van der Waals surface area contributed by atoms with E-state index in [1.165, 1.54) is 4.57 Å². The number of nitrogens with zero attached hydrogens (tertiary/aromatic N) is 4. The van der Waals surface area contributed by atoms with Gasteiger partial charge in [-0.15, -0.1) is 0 Å². The number of imidazole rings is 1. The van der Waals surface area contributed by atoms with Gasteiger partial charge in [0.05, 0.1) is 6.67 Å². The Morgan fingerprint density at radius 3 is 2.81 bits per heavy atom. The van der Waals surface area contributed by atoms with Crippen LogP contribution >= 0.6 is 0 Å². The molecule has 0 aliphatic heterocycles.